The van der Waals surface area contributed by atoms with Crippen LogP contribution >= 0.6 is 0 Å². The SMILES string of the molecule is CCCOc1ccc(Nc2nccnc2C#N)cc1. The Morgan fingerprint density at radius 2 is 1.95 bits per heavy atom. The van der Waals surface area contributed by atoms with Gasteiger partial charge in [0, 0.05) is 18.1 Å². The summed E-state index contributed by atoms with van der Waals surface area (Å²) < 4.78 is 5.50. The van der Waals surface area contributed by atoms with Crippen LogP contribution < -0.4 is 10.1 Å². The zero-order valence-electron chi connectivity index (χ0n) is 10.6. The van der Waals surface area contributed by atoms with Crippen molar-refractivity contribution in [3.63, 3.8) is 0 Å². The molecular weight excluding hydrogens is 240 g/mol. The van der Waals surface area contributed by atoms with Crippen LogP contribution in [0.2, 0.25) is 0 Å². The maximum atomic E-state index is 8.93. The smallest absolute Gasteiger partial charge is 0.183 e. The third-order valence-corrected chi connectivity index (χ3v) is 2.39. The Labute approximate surface area is 111 Å². The van der Waals surface area contributed by atoms with Gasteiger partial charge in [-0.25, -0.2) is 9.97 Å². The van der Waals surface area contributed by atoms with Gasteiger partial charge in [-0.15, -0.1) is 0 Å². The van der Waals surface area contributed by atoms with Gasteiger partial charge in [0.05, 0.1) is 6.61 Å². The van der Waals surface area contributed by atoms with E-state index in [4.69, 9.17) is 10.00 Å². The van der Waals surface area contributed by atoms with E-state index in [2.05, 4.69) is 22.2 Å². The molecule has 19 heavy (non-hydrogen) atoms. The number of rotatable bonds is 5. The van der Waals surface area contributed by atoms with Crippen LogP contribution in [0.5, 0.6) is 5.75 Å². The second-order valence-corrected chi connectivity index (χ2v) is 3.86. The summed E-state index contributed by atoms with van der Waals surface area (Å²) in [5, 5.41) is 12.0. The number of nitriles is 1. The average molecular weight is 254 g/mol. The molecule has 0 radical (unpaired) electrons. The summed E-state index contributed by atoms with van der Waals surface area (Å²) in [6, 6.07) is 9.50. The van der Waals surface area contributed by atoms with Crippen LogP contribution in [0, 0.1) is 11.3 Å². The Hall–Kier alpha value is -2.61. The van der Waals surface area contributed by atoms with Crippen molar-refractivity contribution in [1.82, 2.24) is 9.97 Å². The highest BCUT2D eigenvalue weighted by Crippen LogP contribution is 2.20. The molecule has 0 bridgehead atoms. The van der Waals surface area contributed by atoms with Gasteiger partial charge in [0.15, 0.2) is 11.5 Å². The number of hydrogen-bond donors (Lipinski definition) is 1. The molecule has 0 saturated heterocycles. The van der Waals surface area contributed by atoms with Crippen molar-refractivity contribution in [3.05, 3.63) is 42.4 Å². The van der Waals surface area contributed by atoms with Crippen molar-refractivity contribution in [2.75, 3.05) is 11.9 Å². The first kappa shape index (κ1) is 12.8. The van der Waals surface area contributed by atoms with E-state index in [1.165, 1.54) is 6.20 Å². The van der Waals surface area contributed by atoms with Crippen molar-refractivity contribution in [2.45, 2.75) is 13.3 Å². The van der Waals surface area contributed by atoms with Gasteiger partial charge in [-0.05, 0) is 30.7 Å². The van der Waals surface area contributed by atoms with Crippen LogP contribution in [0.4, 0.5) is 11.5 Å². The first-order chi connectivity index (χ1) is 9.33. The lowest BCUT2D eigenvalue weighted by molar-refractivity contribution is 0.317. The first-order valence-electron chi connectivity index (χ1n) is 6.04. The first-order valence-corrected chi connectivity index (χ1v) is 6.04. The molecule has 0 saturated carbocycles. The van der Waals surface area contributed by atoms with Crippen molar-refractivity contribution in [1.29, 1.82) is 5.26 Å². The molecule has 5 nitrogen and oxygen atoms in total. The van der Waals surface area contributed by atoms with Crippen LogP contribution in [0.3, 0.4) is 0 Å². The molecule has 1 heterocycles. The molecule has 96 valence electrons. The Bertz CT molecular complexity index is 575. The summed E-state index contributed by atoms with van der Waals surface area (Å²) in [5.74, 6) is 1.28. The van der Waals surface area contributed by atoms with Gasteiger partial charge in [-0.1, -0.05) is 6.92 Å². The second kappa shape index (κ2) is 6.36. The number of anilines is 2. The fourth-order valence-electron chi connectivity index (χ4n) is 1.50. The zero-order chi connectivity index (χ0) is 13.5. The quantitative estimate of drug-likeness (QED) is 0.888. The van der Waals surface area contributed by atoms with Crippen LogP contribution in [-0.2, 0) is 0 Å². The molecule has 5 heteroatoms. The van der Waals surface area contributed by atoms with Gasteiger partial charge in [0.2, 0.25) is 0 Å². The highest BCUT2D eigenvalue weighted by molar-refractivity contribution is 5.61. The third-order valence-electron chi connectivity index (χ3n) is 2.39. The van der Waals surface area contributed by atoms with Gasteiger partial charge in [0.25, 0.3) is 0 Å². The molecule has 2 rings (SSSR count). The molecule has 2 aromatic rings. The predicted molar refractivity (Wildman–Crippen MR) is 72.3 cm³/mol. The molecule has 0 fully saturated rings. The lowest BCUT2D eigenvalue weighted by atomic mass is 10.3. The maximum Gasteiger partial charge on any atom is 0.183 e. The fraction of sp³-hybridized carbons (Fsp3) is 0.214. The van der Waals surface area contributed by atoms with Gasteiger partial charge in [-0.3, -0.25) is 0 Å². The molecule has 1 N–H and O–H groups in total. The number of benzene rings is 1. The van der Waals surface area contributed by atoms with E-state index in [0.717, 1.165) is 17.9 Å². The highest BCUT2D eigenvalue weighted by atomic mass is 16.5. The molecule has 0 unspecified atom stereocenters. The number of hydrogen-bond acceptors (Lipinski definition) is 5. The summed E-state index contributed by atoms with van der Waals surface area (Å²) in [7, 11) is 0. The van der Waals surface area contributed by atoms with Crippen LogP contribution in [-0.4, -0.2) is 16.6 Å². The largest absolute Gasteiger partial charge is 0.494 e. The predicted octanol–water partition coefficient (Wildman–Crippen LogP) is 2.88. The number of aromatic nitrogens is 2. The van der Waals surface area contributed by atoms with Crippen LogP contribution in [0.1, 0.15) is 19.0 Å². The Morgan fingerprint density at radius 1 is 1.21 bits per heavy atom. The summed E-state index contributed by atoms with van der Waals surface area (Å²) in [6.45, 7) is 2.77. The normalized spacial score (nSPS) is 9.68. The summed E-state index contributed by atoms with van der Waals surface area (Å²) in [5.41, 5.74) is 1.11. The maximum absolute atomic E-state index is 8.93. The number of nitrogens with one attached hydrogen (secondary N) is 1. The van der Waals surface area contributed by atoms with E-state index >= 15 is 0 Å². The molecule has 0 aliphatic heterocycles. The molecule has 0 spiro atoms. The molecule has 0 aliphatic rings. The van der Waals surface area contributed by atoms with E-state index in [1.807, 2.05) is 30.3 Å². The van der Waals surface area contributed by atoms with Crippen LogP contribution in [0.25, 0.3) is 0 Å². The molecule has 1 aromatic carbocycles. The van der Waals surface area contributed by atoms with E-state index in [0.29, 0.717) is 12.4 Å². The molecule has 0 amide bonds. The molecule has 0 aliphatic carbocycles. The fourth-order valence-corrected chi connectivity index (χ4v) is 1.50. The highest BCUT2D eigenvalue weighted by Gasteiger charge is 2.04. The second-order valence-electron chi connectivity index (χ2n) is 3.86. The van der Waals surface area contributed by atoms with Crippen molar-refractivity contribution >= 4 is 11.5 Å². The van der Waals surface area contributed by atoms with Crippen molar-refractivity contribution in [2.24, 2.45) is 0 Å². The monoisotopic (exact) mass is 254 g/mol. The van der Waals surface area contributed by atoms with E-state index in [-0.39, 0.29) is 5.69 Å². The van der Waals surface area contributed by atoms with E-state index in [9.17, 15) is 0 Å². The molecule has 0 atom stereocenters. The average Bonchev–Trinajstić information content (AvgIpc) is 2.47. The Morgan fingerprint density at radius 3 is 2.63 bits per heavy atom. The minimum Gasteiger partial charge on any atom is -0.494 e. The van der Waals surface area contributed by atoms with Crippen LogP contribution in [0.15, 0.2) is 36.7 Å². The van der Waals surface area contributed by atoms with E-state index in [1.54, 1.807) is 6.20 Å². The number of ether oxygens (including phenoxy) is 1. The lowest BCUT2D eigenvalue weighted by Crippen LogP contribution is -1.99. The van der Waals surface area contributed by atoms with Crippen molar-refractivity contribution < 1.29 is 4.74 Å². The minimum absolute atomic E-state index is 0.272. The zero-order valence-corrected chi connectivity index (χ0v) is 10.6. The Kier molecular flexibility index (Phi) is 4.29. The lowest BCUT2D eigenvalue weighted by Gasteiger charge is -2.08. The van der Waals surface area contributed by atoms with Gasteiger partial charge in [-0.2, -0.15) is 5.26 Å². The topological polar surface area (TPSA) is 70.8 Å². The Balaban J connectivity index is 2.09. The van der Waals surface area contributed by atoms with Gasteiger partial charge in [0.1, 0.15) is 11.8 Å². The van der Waals surface area contributed by atoms with Gasteiger partial charge >= 0.3 is 0 Å². The van der Waals surface area contributed by atoms with Crippen molar-refractivity contribution in [3.8, 4) is 11.8 Å². The summed E-state index contributed by atoms with van der Waals surface area (Å²) >= 11 is 0. The summed E-state index contributed by atoms with van der Waals surface area (Å²) in [6.07, 6.45) is 4.01. The molecule has 1 aromatic heterocycles. The third kappa shape index (κ3) is 3.42. The standard InChI is InChI=1S/C14H14N4O/c1-2-9-19-12-5-3-11(4-6-12)18-14-13(10-15)16-7-8-17-14/h3-8H,2,9H2,1H3,(H,17,18). The van der Waals surface area contributed by atoms with Gasteiger partial charge < -0.3 is 10.1 Å². The summed E-state index contributed by atoms with van der Waals surface area (Å²) in [4.78, 5) is 8.03. The number of nitrogens with zero attached hydrogens (tertiary/aromatic N) is 3. The molecular formula is C14H14N4O. The van der Waals surface area contributed by atoms with E-state index < -0.39 is 0 Å². The minimum atomic E-state index is 0.272.